The molecule has 0 spiro atoms. The van der Waals surface area contributed by atoms with Gasteiger partial charge in [0.2, 0.25) is 11.1 Å². The largest absolute Gasteiger partial charge is 0.494 e. The second-order valence-electron chi connectivity index (χ2n) is 5.98. The third kappa shape index (κ3) is 3.79. The van der Waals surface area contributed by atoms with Crippen molar-refractivity contribution in [1.82, 2.24) is 20.2 Å². The Morgan fingerprint density at radius 3 is 2.66 bits per heavy atom. The normalized spacial score (nSPS) is 11.0. The van der Waals surface area contributed by atoms with Gasteiger partial charge in [0.25, 0.3) is 0 Å². The summed E-state index contributed by atoms with van der Waals surface area (Å²) in [5, 5.41) is 11.9. The first kappa shape index (κ1) is 18.9. The van der Waals surface area contributed by atoms with E-state index in [4.69, 9.17) is 9.47 Å². The number of anilines is 1. The maximum Gasteiger partial charge on any atom is 0.235 e. The number of aromatic nitrogens is 4. The van der Waals surface area contributed by atoms with E-state index >= 15 is 0 Å². The lowest BCUT2D eigenvalue weighted by Gasteiger charge is -2.13. The number of carbonyl (C=O) groups is 1. The number of benzene rings is 2. The first-order valence-corrected chi connectivity index (χ1v) is 9.53. The van der Waals surface area contributed by atoms with Gasteiger partial charge in [-0.25, -0.2) is 9.37 Å². The third-order valence-corrected chi connectivity index (χ3v) is 5.02. The lowest BCUT2D eigenvalue weighted by atomic mass is 10.2. The summed E-state index contributed by atoms with van der Waals surface area (Å²) < 4.78 is 24.0. The molecule has 4 aromatic rings. The van der Waals surface area contributed by atoms with Crippen LogP contribution in [0, 0.1) is 5.82 Å². The number of H-pyrrole nitrogens is 1. The minimum Gasteiger partial charge on any atom is -0.494 e. The number of fused-ring (bicyclic) bond motifs is 3. The van der Waals surface area contributed by atoms with Crippen molar-refractivity contribution >= 4 is 45.4 Å². The van der Waals surface area contributed by atoms with E-state index in [-0.39, 0.29) is 17.5 Å². The molecule has 0 atom stereocenters. The van der Waals surface area contributed by atoms with Crippen LogP contribution in [0.5, 0.6) is 11.5 Å². The van der Waals surface area contributed by atoms with Crippen LogP contribution < -0.4 is 14.8 Å². The van der Waals surface area contributed by atoms with Gasteiger partial charge in [0.05, 0.1) is 20.0 Å². The summed E-state index contributed by atoms with van der Waals surface area (Å²) in [4.78, 5) is 19.8. The van der Waals surface area contributed by atoms with Crippen molar-refractivity contribution in [3.8, 4) is 11.5 Å². The number of nitrogens with one attached hydrogen (secondary N) is 2. The second kappa shape index (κ2) is 7.92. The Kier molecular flexibility index (Phi) is 5.17. The van der Waals surface area contributed by atoms with Gasteiger partial charge in [-0.3, -0.25) is 4.79 Å². The molecule has 0 aliphatic rings. The van der Waals surface area contributed by atoms with E-state index < -0.39 is 0 Å². The van der Waals surface area contributed by atoms with Gasteiger partial charge in [0.15, 0.2) is 5.65 Å². The predicted molar refractivity (Wildman–Crippen MR) is 108 cm³/mol. The van der Waals surface area contributed by atoms with Crippen LogP contribution in [-0.4, -0.2) is 46.0 Å². The molecular formula is C19H16FN5O3S. The number of halogens is 1. The first-order chi connectivity index (χ1) is 14.1. The van der Waals surface area contributed by atoms with Crippen LogP contribution in [0.4, 0.5) is 10.1 Å². The van der Waals surface area contributed by atoms with Crippen LogP contribution in [0.1, 0.15) is 0 Å². The number of hydrogen-bond donors (Lipinski definition) is 2. The van der Waals surface area contributed by atoms with Crippen LogP contribution in [0.2, 0.25) is 0 Å². The Hall–Kier alpha value is -3.40. The van der Waals surface area contributed by atoms with E-state index in [2.05, 4.69) is 25.5 Å². The summed E-state index contributed by atoms with van der Waals surface area (Å²) in [6.07, 6.45) is 0. The van der Waals surface area contributed by atoms with Gasteiger partial charge in [-0.05, 0) is 30.3 Å². The average molecular weight is 413 g/mol. The van der Waals surface area contributed by atoms with E-state index in [0.29, 0.717) is 44.4 Å². The molecule has 10 heteroatoms. The standard InChI is InChI=1S/C19H16FN5O3S/c1-27-13-4-3-5-14(28-2)17(13)22-15(26)9-29-19-23-18-16(24-25-19)11-8-10(20)6-7-12(11)21-18/h3-8H,9H2,1-2H3,(H,22,26)(H,21,23,25). The fourth-order valence-electron chi connectivity index (χ4n) is 2.87. The summed E-state index contributed by atoms with van der Waals surface area (Å²) in [6, 6.07) is 9.58. The van der Waals surface area contributed by atoms with E-state index in [0.717, 1.165) is 11.8 Å². The van der Waals surface area contributed by atoms with Gasteiger partial charge in [-0.1, -0.05) is 17.8 Å². The Morgan fingerprint density at radius 1 is 1.17 bits per heavy atom. The monoisotopic (exact) mass is 413 g/mol. The number of para-hydroxylation sites is 1. The topological polar surface area (TPSA) is 102 Å². The van der Waals surface area contributed by atoms with Crippen molar-refractivity contribution in [2.75, 3.05) is 25.3 Å². The number of amides is 1. The molecular weight excluding hydrogens is 397 g/mol. The smallest absolute Gasteiger partial charge is 0.235 e. The first-order valence-electron chi connectivity index (χ1n) is 8.54. The fourth-order valence-corrected chi connectivity index (χ4v) is 3.46. The zero-order chi connectivity index (χ0) is 20.4. The van der Waals surface area contributed by atoms with Gasteiger partial charge in [0, 0.05) is 10.9 Å². The lowest BCUT2D eigenvalue weighted by molar-refractivity contribution is -0.113. The van der Waals surface area contributed by atoms with Crippen LogP contribution >= 0.6 is 11.8 Å². The molecule has 0 aliphatic carbocycles. The lowest BCUT2D eigenvalue weighted by Crippen LogP contribution is -2.15. The summed E-state index contributed by atoms with van der Waals surface area (Å²) in [5.74, 6) is 0.408. The number of hydrogen-bond acceptors (Lipinski definition) is 7. The molecule has 0 saturated heterocycles. The zero-order valence-electron chi connectivity index (χ0n) is 15.5. The molecule has 1 amide bonds. The zero-order valence-corrected chi connectivity index (χ0v) is 16.3. The SMILES string of the molecule is COc1cccc(OC)c1NC(=O)CSc1nnc2c(n1)[nH]c1ccc(F)cc12. The maximum atomic E-state index is 13.5. The highest BCUT2D eigenvalue weighted by atomic mass is 32.2. The van der Waals surface area contributed by atoms with Gasteiger partial charge in [-0.2, -0.15) is 0 Å². The highest BCUT2D eigenvalue weighted by Crippen LogP contribution is 2.34. The Balaban J connectivity index is 1.50. The Morgan fingerprint density at radius 2 is 1.93 bits per heavy atom. The van der Waals surface area contributed by atoms with Crippen LogP contribution in [-0.2, 0) is 4.79 Å². The minimum atomic E-state index is -0.359. The molecule has 2 aromatic heterocycles. The number of thioether (sulfide) groups is 1. The third-order valence-electron chi connectivity index (χ3n) is 4.18. The number of carbonyl (C=O) groups excluding carboxylic acids is 1. The fraction of sp³-hybridized carbons (Fsp3) is 0.158. The molecule has 2 heterocycles. The summed E-state index contributed by atoms with van der Waals surface area (Å²) in [6.45, 7) is 0. The van der Waals surface area contributed by atoms with Crippen LogP contribution in [0.15, 0.2) is 41.6 Å². The Bertz CT molecular complexity index is 1190. The van der Waals surface area contributed by atoms with Crippen molar-refractivity contribution in [3.05, 3.63) is 42.2 Å². The van der Waals surface area contributed by atoms with Gasteiger partial charge < -0.3 is 19.8 Å². The van der Waals surface area contributed by atoms with Crippen molar-refractivity contribution < 1.29 is 18.7 Å². The molecule has 0 bridgehead atoms. The number of rotatable bonds is 6. The van der Waals surface area contributed by atoms with E-state index in [1.54, 1.807) is 24.3 Å². The maximum absolute atomic E-state index is 13.5. The second-order valence-corrected chi connectivity index (χ2v) is 6.92. The van der Waals surface area contributed by atoms with E-state index in [1.807, 2.05) is 0 Å². The molecule has 8 nitrogen and oxygen atoms in total. The van der Waals surface area contributed by atoms with Gasteiger partial charge >= 0.3 is 0 Å². The number of methoxy groups -OCH3 is 2. The van der Waals surface area contributed by atoms with E-state index in [9.17, 15) is 9.18 Å². The van der Waals surface area contributed by atoms with Crippen molar-refractivity contribution in [1.29, 1.82) is 0 Å². The molecule has 0 aliphatic heterocycles. The molecule has 0 fully saturated rings. The van der Waals surface area contributed by atoms with Crippen LogP contribution in [0.3, 0.4) is 0 Å². The summed E-state index contributed by atoms with van der Waals surface area (Å²) >= 11 is 1.13. The Labute approximate surface area is 168 Å². The highest BCUT2D eigenvalue weighted by Gasteiger charge is 2.15. The van der Waals surface area contributed by atoms with Crippen LogP contribution in [0.25, 0.3) is 22.1 Å². The number of aromatic amines is 1. The average Bonchev–Trinajstić information content (AvgIpc) is 3.09. The minimum absolute atomic E-state index is 0.0588. The van der Waals surface area contributed by atoms with Crippen molar-refractivity contribution in [2.24, 2.45) is 0 Å². The molecule has 4 rings (SSSR count). The molecule has 0 saturated carbocycles. The predicted octanol–water partition coefficient (Wildman–Crippen LogP) is 3.39. The molecule has 2 N–H and O–H groups in total. The summed E-state index contributed by atoms with van der Waals surface area (Å²) in [5.41, 5.74) is 2.13. The van der Waals surface area contributed by atoms with E-state index in [1.165, 1.54) is 26.4 Å². The number of nitrogens with zero attached hydrogens (tertiary/aromatic N) is 3. The number of ether oxygens (including phenoxy) is 2. The van der Waals surface area contributed by atoms with Crippen molar-refractivity contribution in [3.63, 3.8) is 0 Å². The summed E-state index contributed by atoms with van der Waals surface area (Å²) in [7, 11) is 3.03. The molecule has 2 aromatic carbocycles. The molecule has 29 heavy (non-hydrogen) atoms. The van der Waals surface area contributed by atoms with Gasteiger partial charge in [0.1, 0.15) is 28.5 Å². The van der Waals surface area contributed by atoms with Gasteiger partial charge in [-0.15, -0.1) is 10.2 Å². The molecule has 0 radical (unpaired) electrons. The highest BCUT2D eigenvalue weighted by molar-refractivity contribution is 7.99. The quantitative estimate of drug-likeness (QED) is 0.467. The molecule has 0 unspecified atom stereocenters. The van der Waals surface area contributed by atoms with Crippen molar-refractivity contribution in [2.45, 2.75) is 5.16 Å². The molecule has 148 valence electrons.